The Balaban J connectivity index is 2.05. The van der Waals surface area contributed by atoms with E-state index < -0.39 is 0 Å². The summed E-state index contributed by atoms with van der Waals surface area (Å²) in [5, 5.41) is 12.3. The molecule has 0 spiro atoms. The van der Waals surface area contributed by atoms with Crippen LogP contribution in [0, 0.1) is 18.3 Å². The maximum Gasteiger partial charge on any atom is 0.250 e. The van der Waals surface area contributed by atoms with Gasteiger partial charge in [0.1, 0.15) is 6.07 Å². The lowest BCUT2D eigenvalue weighted by molar-refractivity contribution is 0.697. The number of rotatable bonds is 4. The van der Waals surface area contributed by atoms with Crippen LogP contribution in [0.3, 0.4) is 0 Å². The van der Waals surface area contributed by atoms with Gasteiger partial charge in [-0.25, -0.2) is 0 Å². The highest BCUT2D eigenvalue weighted by molar-refractivity contribution is 5.60. The van der Waals surface area contributed by atoms with Crippen LogP contribution >= 0.6 is 0 Å². The Labute approximate surface area is 111 Å². The van der Waals surface area contributed by atoms with Gasteiger partial charge in [-0.15, -0.1) is 0 Å². The summed E-state index contributed by atoms with van der Waals surface area (Å²) in [7, 11) is 0. The summed E-state index contributed by atoms with van der Waals surface area (Å²) in [4.78, 5) is 11.5. The van der Waals surface area contributed by atoms with E-state index in [9.17, 15) is 4.79 Å². The Morgan fingerprint density at radius 1 is 1.26 bits per heavy atom. The molecule has 1 N–H and O–H groups in total. The third kappa shape index (κ3) is 3.02. The molecule has 0 atom stereocenters. The summed E-state index contributed by atoms with van der Waals surface area (Å²) in [6.07, 6.45) is 1.76. The molecule has 1 aromatic carbocycles. The van der Waals surface area contributed by atoms with Crippen LogP contribution in [0.4, 0.5) is 5.69 Å². The van der Waals surface area contributed by atoms with Gasteiger partial charge in [0, 0.05) is 25.4 Å². The van der Waals surface area contributed by atoms with Gasteiger partial charge in [-0.2, -0.15) is 5.26 Å². The number of aryl methyl sites for hydroxylation is 1. The van der Waals surface area contributed by atoms with Gasteiger partial charge in [-0.1, -0.05) is 18.2 Å². The lowest BCUT2D eigenvalue weighted by atomic mass is 10.1. The van der Waals surface area contributed by atoms with Crippen molar-refractivity contribution in [1.82, 2.24) is 4.57 Å². The van der Waals surface area contributed by atoms with Crippen molar-refractivity contribution in [1.29, 1.82) is 5.26 Å². The molecule has 0 fully saturated rings. The van der Waals surface area contributed by atoms with Gasteiger partial charge in [0.05, 0.1) is 11.3 Å². The van der Waals surface area contributed by atoms with Crippen LogP contribution in [0.15, 0.2) is 47.4 Å². The van der Waals surface area contributed by atoms with Gasteiger partial charge in [-0.3, -0.25) is 4.79 Å². The largest absolute Gasteiger partial charge is 0.382 e. The first-order valence-electron chi connectivity index (χ1n) is 6.11. The van der Waals surface area contributed by atoms with Crippen LogP contribution in [-0.4, -0.2) is 11.1 Å². The maximum atomic E-state index is 11.5. The highest BCUT2D eigenvalue weighted by Crippen LogP contribution is 2.17. The lowest BCUT2D eigenvalue weighted by Crippen LogP contribution is -2.22. The molecule has 19 heavy (non-hydrogen) atoms. The first kappa shape index (κ1) is 12.9. The molecule has 1 heterocycles. The van der Waals surface area contributed by atoms with Crippen LogP contribution in [0.5, 0.6) is 0 Å². The fourth-order valence-corrected chi connectivity index (χ4v) is 1.92. The molecule has 0 saturated heterocycles. The third-order valence-corrected chi connectivity index (χ3v) is 2.95. The zero-order chi connectivity index (χ0) is 13.7. The molecule has 2 rings (SSSR count). The van der Waals surface area contributed by atoms with Crippen molar-refractivity contribution >= 4 is 5.69 Å². The van der Waals surface area contributed by atoms with Gasteiger partial charge in [-0.05, 0) is 24.6 Å². The molecule has 0 radical (unpaired) electrons. The van der Waals surface area contributed by atoms with E-state index in [1.165, 1.54) is 6.07 Å². The number of nitrogens with one attached hydrogen (secondary N) is 1. The average Bonchev–Trinajstić information content (AvgIpc) is 2.41. The molecule has 0 amide bonds. The molecule has 0 bridgehead atoms. The van der Waals surface area contributed by atoms with E-state index in [2.05, 4.69) is 11.4 Å². The van der Waals surface area contributed by atoms with Crippen LogP contribution in [-0.2, 0) is 6.54 Å². The normalized spacial score (nSPS) is 9.89. The summed E-state index contributed by atoms with van der Waals surface area (Å²) >= 11 is 0. The molecule has 0 aliphatic heterocycles. The maximum absolute atomic E-state index is 11.5. The van der Waals surface area contributed by atoms with Gasteiger partial charge < -0.3 is 9.88 Å². The minimum Gasteiger partial charge on any atom is -0.382 e. The summed E-state index contributed by atoms with van der Waals surface area (Å²) in [6, 6.07) is 13.0. The fraction of sp³-hybridized carbons (Fsp3) is 0.200. The van der Waals surface area contributed by atoms with Crippen LogP contribution in [0.1, 0.15) is 11.1 Å². The fourth-order valence-electron chi connectivity index (χ4n) is 1.92. The number of anilines is 1. The molecule has 1 aromatic heterocycles. The molecule has 96 valence electrons. The minimum atomic E-state index is -0.0194. The van der Waals surface area contributed by atoms with E-state index in [0.29, 0.717) is 18.7 Å². The van der Waals surface area contributed by atoms with E-state index in [1.807, 2.05) is 31.2 Å². The van der Waals surface area contributed by atoms with Gasteiger partial charge in [0.2, 0.25) is 0 Å². The molecule has 0 aliphatic rings. The van der Waals surface area contributed by atoms with Crippen molar-refractivity contribution in [3.63, 3.8) is 0 Å². The number of aromatic nitrogens is 1. The van der Waals surface area contributed by atoms with E-state index >= 15 is 0 Å². The van der Waals surface area contributed by atoms with Gasteiger partial charge >= 0.3 is 0 Å². The Morgan fingerprint density at radius 3 is 2.84 bits per heavy atom. The molecule has 2 aromatic rings. The van der Waals surface area contributed by atoms with E-state index in [-0.39, 0.29) is 5.56 Å². The second-order valence-corrected chi connectivity index (χ2v) is 4.27. The Bertz CT molecular complexity index is 668. The summed E-state index contributed by atoms with van der Waals surface area (Å²) in [5.74, 6) is 0. The number of benzene rings is 1. The van der Waals surface area contributed by atoms with Crippen molar-refractivity contribution in [3.8, 4) is 6.07 Å². The third-order valence-electron chi connectivity index (χ3n) is 2.95. The number of nitriles is 1. The first-order chi connectivity index (χ1) is 9.22. The summed E-state index contributed by atoms with van der Waals surface area (Å²) < 4.78 is 1.63. The Morgan fingerprint density at radius 2 is 2.11 bits per heavy atom. The quantitative estimate of drug-likeness (QED) is 0.908. The van der Waals surface area contributed by atoms with Crippen molar-refractivity contribution < 1.29 is 0 Å². The Kier molecular flexibility index (Phi) is 3.99. The zero-order valence-electron chi connectivity index (χ0n) is 10.8. The van der Waals surface area contributed by atoms with Crippen LogP contribution in [0.25, 0.3) is 0 Å². The van der Waals surface area contributed by atoms with Crippen molar-refractivity contribution in [2.24, 2.45) is 0 Å². The van der Waals surface area contributed by atoms with Crippen LogP contribution < -0.4 is 10.9 Å². The van der Waals surface area contributed by atoms with Crippen LogP contribution in [0.2, 0.25) is 0 Å². The predicted octanol–water partition coefficient (Wildman–Crippen LogP) is 2.14. The van der Waals surface area contributed by atoms with E-state index in [1.54, 1.807) is 16.8 Å². The minimum absolute atomic E-state index is 0.0194. The van der Waals surface area contributed by atoms with Gasteiger partial charge in [0.15, 0.2) is 0 Å². The molecule has 0 unspecified atom stereocenters. The van der Waals surface area contributed by atoms with Crippen molar-refractivity contribution in [2.45, 2.75) is 13.5 Å². The Hall–Kier alpha value is -2.54. The van der Waals surface area contributed by atoms with E-state index in [4.69, 9.17) is 5.26 Å². The number of hydrogen-bond donors (Lipinski definition) is 1. The molecule has 4 nitrogen and oxygen atoms in total. The highest BCUT2D eigenvalue weighted by Gasteiger charge is 2.03. The topological polar surface area (TPSA) is 57.8 Å². The second kappa shape index (κ2) is 5.87. The SMILES string of the molecule is Cc1cccc(NCCn2ccccc2=O)c1C#N. The number of nitrogens with zero attached hydrogens (tertiary/aromatic N) is 2. The summed E-state index contributed by atoms with van der Waals surface area (Å²) in [6.45, 7) is 3.08. The van der Waals surface area contributed by atoms with Gasteiger partial charge in [0.25, 0.3) is 5.56 Å². The molecular formula is C15H15N3O. The van der Waals surface area contributed by atoms with Crippen molar-refractivity contribution in [3.05, 3.63) is 64.1 Å². The molecule has 0 aliphatic carbocycles. The lowest BCUT2D eigenvalue weighted by Gasteiger charge is -2.10. The van der Waals surface area contributed by atoms with E-state index in [0.717, 1.165) is 11.3 Å². The first-order valence-corrected chi connectivity index (χ1v) is 6.11. The van der Waals surface area contributed by atoms with Crippen molar-refractivity contribution in [2.75, 3.05) is 11.9 Å². The number of pyridine rings is 1. The highest BCUT2D eigenvalue weighted by atomic mass is 16.1. The standard InChI is InChI=1S/C15H15N3O/c1-12-5-4-6-14(13(12)11-16)17-8-10-18-9-3-2-7-15(18)19/h2-7,9,17H,8,10H2,1H3. The monoisotopic (exact) mass is 253 g/mol. The second-order valence-electron chi connectivity index (χ2n) is 4.27. The molecule has 4 heteroatoms. The molecular weight excluding hydrogens is 238 g/mol. The number of hydrogen-bond acceptors (Lipinski definition) is 3. The smallest absolute Gasteiger partial charge is 0.250 e. The average molecular weight is 253 g/mol. The predicted molar refractivity (Wildman–Crippen MR) is 75.1 cm³/mol. The zero-order valence-corrected chi connectivity index (χ0v) is 10.8. The molecule has 0 saturated carbocycles. The summed E-state index contributed by atoms with van der Waals surface area (Å²) in [5.41, 5.74) is 2.40.